The lowest BCUT2D eigenvalue weighted by Gasteiger charge is -2.24. The quantitative estimate of drug-likeness (QED) is 0.250. The second-order valence-electron chi connectivity index (χ2n) is 9.56. The molecule has 0 spiro atoms. The first-order chi connectivity index (χ1) is 18.6. The monoisotopic (exact) mass is 568 g/mol. The Hall–Kier alpha value is -4.27. The number of hydrogen-bond acceptors (Lipinski definition) is 8. The molecule has 216 valence electrons. The van der Waals surface area contributed by atoms with Gasteiger partial charge in [-0.1, -0.05) is 6.07 Å². The first-order valence-corrected chi connectivity index (χ1v) is 12.0. The average molecular weight is 569 g/mol. The van der Waals surface area contributed by atoms with Gasteiger partial charge in [0.25, 0.3) is 5.91 Å². The zero-order valence-corrected chi connectivity index (χ0v) is 21.5. The molecule has 0 saturated carbocycles. The molecule has 1 aliphatic rings. The highest BCUT2D eigenvalue weighted by atomic mass is 19.4. The molecule has 2 amide bonds. The highest BCUT2D eigenvalue weighted by molar-refractivity contribution is 5.99. The van der Waals surface area contributed by atoms with Gasteiger partial charge in [-0.15, -0.1) is 0 Å². The van der Waals surface area contributed by atoms with E-state index in [1.165, 1.54) is 38.4 Å². The highest BCUT2D eigenvalue weighted by Gasteiger charge is 2.34. The van der Waals surface area contributed by atoms with Crippen LogP contribution in [0.15, 0.2) is 41.7 Å². The van der Waals surface area contributed by atoms with E-state index in [2.05, 4.69) is 31.2 Å². The van der Waals surface area contributed by atoms with Gasteiger partial charge in [0.1, 0.15) is 6.17 Å². The molecule has 0 bridgehead atoms. The Kier molecular flexibility index (Phi) is 9.29. The third-order valence-electron chi connectivity index (χ3n) is 5.72. The van der Waals surface area contributed by atoms with Gasteiger partial charge in [0, 0.05) is 6.20 Å². The molecule has 0 radical (unpaired) electrons. The minimum atomic E-state index is -4.80. The highest BCUT2D eigenvalue weighted by Crippen LogP contribution is 2.35. The number of halogens is 4. The van der Waals surface area contributed by atoms with E-state index in [4.69, 9.17) is 0 Å². The number of rotatable bonds is 9. The average Bonchev–Trinajstić information content (AvgIpc) is 2.87. The number of amides is 2. The van der Waals surface area contributed by atoms with Gasteiger partial charge in [-0.25, -0.2) is 9.38 Å². The zero-order valence-electron chi connectivity index (χ0n) is 21.5. The number of carbonyl (C=O) groups excluding carboxylic acids is 2. The Morgan fingerprint density at radius 1 is 1.12 bits per heavy atom. The summed E-state index contributed by atoms with van der Waals surface area (Å²) in [5.41, 5.74) is -2.72. The van der Waals surface area contributed by atoms with Gasteiger partial charge in [0.15, 0.2) is 5.96 Å². The number of guanidine groups is 1. The van der Waals surface area contributed by atoms with Gasteiger partial charge in [-0.05, 0) is 43.2 Å². The lowest BCUT2D eigenvalue weighted by molar-refractivity contribution is -0.138. The van der Waals surface area contributed by atoms with Crippen molar-refractivity contribution in [3.8, 4) is 0 Å². The van der Waals surface area contributed by atoms with E-state index in [1.54, 1.807) is 0 Å². The second kappa shape index (κ2) is 12.3. The first-order valence-electron chi connectivity index (χ1n) is 12.0. The number of carboxylic acid groups (broad SMARTS) is 1. The fourth-order valence-corrected chi connectivity index (χ4v) is 3.68. The predicted molar refractivity (Wildman–Crippen MR) is 135 cm³/mol. The number of anilines is 1. The maximum atomic E-state index is 13.5. The van der Waals surface area contributed by atoms with E-state index in [-0.39, 0.29) is 29.8 Å². The number of carbonyl (C=O) groups is 3. The van der Waals surface area contributed by atoms with Crippen molar-refractivity contribution in [1.82, 2.24) is 20.9 Å². The van der Waals surface area contributed by atoms with Crippen LogP contribution in [0.5, 0.6) is 0 Å². The van der Waals surface area contributed by atoms with Gasteiger partial charge in [-0.3, -0.25) is 19.4 Å². The van der Waals surface area contributed by atoms with Crippen LogP contribution in [0.4, 0.5) is 23.2 Å². The number of pyridine rings is 1. The summed E-state index contributed by atoms with van der Waals surface area (Å²) >= 11 is 0. The van der Waals surface area contributed by atoms with Gasteiger partial charge in [0.05, 0.1) is 60.7 Å². The standard InChI is InChI=1S/C25H28F4N6O5/c1-24(2,40)15-3-13(4-16(6-15)25(27,28)29)19(7-21(37)38)35-20(36)12-31-22(39)14-5-18(11-30-8-14)34-23-32-9-17(26)10-33-23/h3-6,8,11,17,19,40H,7,9-10,12H2,1-2H3,(H,31,39)(H,35,36)(H,37,38)(H2,32,33,34)/t19-/m0/s1. The predicted octanol–water partition coefficient (Wildman–Crippen LogP) is 2.10. The van der Waals surface area contributed by atoms with Crippen molar-refractivity contribution in [2.45, 2.75) is 44.3 Å². The number of nitrogens with zero attached hydrogens (tertiary/aromatic N) is 2. The van der Waals surface area contributed by atoms with Crippen LogP contribution >= 0.6 is 0 Å². The van der Waals surface area contributed by atoms with Crippen LogP contribution < -0.4 is 21.3 Å². The summed E-state index contributed by atoms with van der Waals surface area (Å²) in [6, 6.07) is 2.64. The number of aliphatic hydroxyl groups is 1. The van der Waals surface area contributed by atoms with E-state index in [0.717, 1.165) is 6.07 Å². The molecule has 1 aromatic heterocycles. The van der Waals surface area contributed by atoms with Gasteiger partial charge in [0.2, 0.25) is 5.91 Å². The van der Waals surface area contributed by atoms with Crippen LogP contribution in [-0.4, -0.2) is 64.7 Å². The van der Waals surface area contributed by atoms with Crippen LogP contribution in [0.25, 0.3) is 0 Å². The van der Waals surface area contributed by atoms with Gasteiger partial charge in [-0.2, -0.15) is 13.2 Å². The fraction of sp³-hybridized carbons (Fsp3) is 0.400. The van der Waals surface area contributed by atoms with E-state index in [9.17, 15) is 42.2 Å². The molecule has 0 aliphatic carbocycles. The number of aromatic nitrogens is 1. The zero-order chi connectivity index (χ0) is 29.7. The van der Waals surface area contributed by atoms with E-state index in [1.807, 2.05) is 0 Å². The Morgan fingerprint density at radius 3 is 2.42 bits per heavy atom. The lowest BCUT2D eigenvalue weighted by Crippen LogP contribution is -2.41. The number of aliphatic carboxylic acids is 1. The molecule has 11 nitrogen and oxygen atoms in total. The fourth-order valence-electron chi connectivity index (χ4n) is 3.68. The minimum absolute atomic E-state index is 0.0273. The summed E-state index contributed by atoms with van der Waals surface area (Å²) in [4.78, 5) is 44.5. The lowest BCUT2D eigenvalue weighted by atomic mass is 9.91. The topological polar surface area (TPSA) is 165 Å². The van der Waals surface area contributed by atoms with Crippen molar-refractivity contribution in [2.24, 2.45) is 4.99 Å². The van der Waals surface area contributed by atoms with Crippen LogP contribution in [0.3, 0.4) is 0 Å². The smallest absolute Gasteiger partial charge is 0.416 e. The van der Waals surface area contributed by atoms with Gasteiger partial charge >= 0.3 is 12.1 Å². The Balaban J connectivity index is 1.71. The van der Waals surface area contributed by atoms with E-state index < -0.39 is 60.3 Å². The molecule has 2 aromatic rings. The van der Waals surface area contributed by atoms with Crippen LogP contribution in [-0.2, 0) is 21.4 Å². The molecule has 40 heavy (non-hydrogen) atoms. The van der Waals surface area contributed by atoms with Crippen molar-refractivity contribution in [1.29, 1.82) is 0 Å². The number of carboxylic acids is 1. The normalized spacial score (nSPS) is 16.3. The first kappa shape index (κ1) is 30.3. The van der Waals surface area contributed by atoms with Crippen molar-refractivity contribution in [2.75, 3.05) is 25.0 Å². The van der Waals surface area contributed by atoms with Crippen LogP contribution in [0.1, 0.15) is 53.4 Å². The number of alkyl halides is 4. The van der Waals surface area contributed by atoms with Crippen molar-refractivity contribution < 1.29 is 42.2 Å². The summed E-state index contributed by atoms with van der Waals surface area (Å²) in [5.74, 6) is -2.69. The Labute approximate surface area is 226 Å². The second-order valence-corrected chi connectivity index (χ2v) is 9.56. The van der Waals surface area contributed by atoms with Crippen LogP contribution in [0, 0.1) is 0 Å². The summed E-state index contributed by atoms with van der Waals surface area (Å²) < 4.78 is 53.7. The third-order valence-corrected chi connectivity index (χ3v) is 5.72. The minimum Gasteiger partial charge on any atom is -0.481 e. The SMILES string of the molecule is CC(C)(O)c1cc([C@H](CC(=O)O)NC(=O)CNC(=O)c2cncc(NC3=NCC(F)CN3)c2)cc(C(F)(F)F)c1. The van der Waals surface area contributed by atoms with Gasteiger partial charge < -0.3 is 31.5 Å². The molecule has 1 unspecified atom stereocenters. The van der Waals surface area contributed by atoms with E-state index in [0.29, 0.717) is 17.7 Å². The molecule has 0 saturated heterocycles. The largest absolute Gasteiger partial charge is 0.481 e. The molecule has 1 aliphatic heterocycles. The molecular weight excluding hydrogens is 540 g/mol. The number of aliphatic imine (C=N–C) groups is 1. The number of hydrogen-bond donors (Lipinski definition) is 6. The molecule has 2 atom stereocenters. The molecule has 2 heterocycles. The van der Waals surface area contributed by atoms with Crippen molar-refractivity contribution in [3.63, 3.8) is 0 Å². The maximum absolute atomic E-state index is 13.5. The Morgan fingerprint density at radius 2 is 1.82 bits per heavy atom. The van der Waals surface area contributed by atoms with Crippen molar-refractivity contribution in [3.05, 3.63) is 58.9 Å². The molecule has 3 rings (SSSR count). The number of nitrogens with one attached hydrogen (secondary N) is 4. The number of benzene rings is 1. The Bertz CT molecular complexity index is 1260. The van der Waals surface area contributed by atoms with Crippen molar-refractivity contribution >= 4 is 29.4 Å². The van der Waals surface area contributed by atoms with E-state index >= 15 is 0 Å². The third kappa shape index (κ3) is 8.62. The van der Waals surface area contributed by atoms with Crippen LogP contribution in [0.2, 0.25) is 0 Å². The summed E-state index contributed by atoms with van der Waals surface area (Å²) in [6.45, 7) is 1.95. The summed E-state index contributed by atoms with van der Waals surface area (Å²) in [7, 11) is 0. The summed E-state index contributed by atoms with van der Waals surface area (Å²) in [6.07, 6.45) is -4.05. The molecule has 0 fully saturated rings. The maximum Gasteiger partial charge on any atom is 0.416 e. The molecule has 6 N–H and O–H groups in total. The molecule has 1 aromatic carbocycles. The molecular formula is C25H28F4N6O5. The summed E-state index contributed by atoms with van der Waals surface area (Å²) in [5, 5.41) is 29.8. The molecule has 15 heteroatoms.